The van der Waals surface area contributed by atoms with Gasteiger partial charge in [-0.3, -0.25) is 4.98 Å². The predicted octanol–water partition coefficient (Wildman–Crippen LogP) is 3.82. The van der Waals surface area contributed by atoms with Gasteiger partial charge in [-0.25, -0.2) is 0 Å². The first-order valence-electron chi connectivity index (χ1n) is 6.26. The van der Waals surface area contributed by atoms with Gasteiger partial charge in [0.2, 0.25) is 0 Å². The van der Waals surface area contributed by atoms with Gasteiger partial charge in [0.25, 0.3) is 0 Å². The zero-order valence-corrected chi connectivity index (χ0v) is 12.4. The van der Waals surface area contributed by atoms with Crippen LogP contribution in [0.1, 0.15) is 20.3 Å². The molecule has 4 heteroatoms. The summed E-state index contributed by atoms with van der Waals surface area (Å²) in [6.07, 6.45) is 2.95. The van der Waals surface area contributed by atoms with Gasteiger partial charge in [-0.2, -0.15) is 0 Å². The van der Waals surface area contributed by atoms with E-state index in [2.05, 4.69) is 45.7 Å². The number of rotatable bonds is 4. The molecular weight excluding hydrogens is 290 g/mol. The summed E-state index contributed by atoms with van der Waals surface area (Å²) in [6, 6.07) is 6.06. The summed E-state index contributed by atoms with van der Waals surface area (Å²) in [5.41, 5.74) is 8.95. The zero-order valence-electron chi connectivity index (χ0n) is 10.8. The summed E-state index contributed by atoms with van der Waals surface area (Å²) >= 11 is 3.44. The number of fused-ring (bicyclic) bond motifs is 1. The number of nitrogens with zero attached hydrogens (tertiary/aromatic N) is 2. The van der Waals surface area contributed by atoms with E-state index in [9.17, 15) is 0 Å². The molecule has 0 radical (unpaired) electrons. The molecule has 1 aromatic carbocycles. The summed E-state index contributed by atoms with van der Waals surface area (Å²) in [6.45, 7) is 6.36. The lowest BCUT2D eigenvalue weighted by Crippen LogP contribution is -2.23. The Balaban J connectivity index is 2.61. The molecule has 2 rings (SSSR count). The van der Waals surface area contributed by atoms with Gasteiger partial charge in [0.05, 0.1) is 11.2 Å². The van der Waals surface area contributed by atoms with Crippen LogP contribution in [0.25, 0.3) is 10.9 Å². The van der Waals surface area contributed by atoms with Crippen molar-refractivity contribution in [1.29, 1.82) is 0 Å². The van der Waals surface area contributed by atoms with Crippen LogP contribution in [0.3, 0.4) is 0 Å². The van der Waals surface area contributed by atoms with Crippen LogP contribution in [0, 0.1) is 0 Å². The molecule has 2 N–H and O–H groups in total. The Bertz CT molecular complexity index is 554. The van der Waals surface area contributed by atoms with E-state index in [1.54, 1.807) is 0 Å². The van der Waals surface area contributed by atoms with Gasteiger partial charge in [-0.15, -0.1) is 0 Å². The molecule has 0 aliphatic carbocycles. The number of benzene rings is 1. The van der Waals surface area contributed by atoms with Gasteiger partial charge in [-0.1, -0.05) is 6.92 Å². The third-order valence-corrected chi connectivity index (χ3v) is 3.48. The second-order valence-corrected chi connectivity index (χ2v) is 5.22. The van der Waals surface area contributed by atoms with Crippen molar-refractivity contribution in [3.8, 4) is 0 Å². The molecule has 18 heavy (non-hydrogen) atoms. The van der Waals surface area contributed by atoms with Crippen LogP contribution in [0.4, 0.5) is 11.4 Å². The highest BCUT2D eigenvalue weighted by atomic mass is 79.9. The summed E-state index contributed by atoms with van der Waals surface area (Å²) in [5, 5.41) is 1.01. The fourth-order valence-electron chi connectivity index (χ4n) is 2.17. The number of nitrogens with two attached hydrogens (primary N) is 1. The molecule has 2 aromatic rings. The summed E-state index contributed by atoms with van der Waals surface area (Å²) in [7, 11) is 0. The lowest BCUT2D eigenvalue weighted by molar-refractivity contribution is 0.794. The van der Waals surface area contributed by atoms with E-state index < -0.39 is 0 Å². The highest BCUT2D eigenvalue weighted by Crippen LogP contribution is 2.31. The van der Waals surface area contributed by atoms with Crippen LogP contribution in [0.5, 0.6) is 0 Å². The maximum Gasteiger partial charge on any atom is 0.0956 e. The third-order valence-electron chi connectivity index (χ3n) is 3.04. The monoisotopic (exact) mass is 307 g/mol. The smallest absolute Gasteiger partial charge is 0.0956 e. The number of hydrogen-bond donors (Lipinski definition) is 1. The molecule has 0 bridgehead atoms. The minimum atomic E-state index is 0.773. The van der Waals surface area contributed by atoms with Gasteiger partial charge in [-0.05, 0) is 47.5 Å². The fraction of sp³-hybridized carbons (Fsp3) is 0.357. The van der Waals surface area contributed by atoms with Crippen LogP contribution in [-0.4, -0.2) is 18.1 Å². The quantitative estimate of drug-likeness (QED) is 0.873. The molecule has 0 saturated heterocycles. The predicted molar refractivity (Wildman–Crippen MR) is 82.0 cm³/mol. The second-order valence-electron chi connectivity index (χ2n) is 4.30. The molecule has 3 nitrogen and oxygen atoms in total. The van der Waals surface area contributed by atoms with Crippen LogP contribution in [0.2, 0.25) is 0 Å². The topological polar surface area (TPSA) is 42.1 Å². The first kappa shape index (κ1) is 13.1. The average molecular weight is 308 g/mol. The SMILES string of the molecule is CCCN(CC)c1ccc(N)c2cc(Br)cnc12. The maximum atomic E-state index is 6.03. The minimum Gasteiger partial charge on any atom is -0.398 e. The Labute approximate surface area is 116 Å². The molecule has 0 amide bonds. The first-order chi connectivity index (χ1) is 8.67. The van der Waals surface area contributed by atoms with E-state index in [4.69, 9.17) is 5.73 Å². The van der Waals surface area contributed by atoms with Crippen LogP contribution < -0.4 is 10.6 Å². The lowest BCUT2D eigenvalue weighted by atomic mass is 10.1. The Hall–Kier alpha value is -1.29. The largest absolute Gasteiger partial charge is 0.398 e. The van der Waals surface area contributed by atoms with Crippen LogP contribution in [0.15, 0.2) is 28.9 Å². The molecule has 0 aliphatic rings. The molecule has 1 aromatic heterocycles. The van der Waals surface area contributed by atoms with Gasteiger partial charge in [0, 0.05) is 34.8 Å². The summed E-state index contributed by atoms with van der Waals surface area (Å²) < 4.78 is 0.956. The van der Waals surface area contributed by atoms with Gasteiger partial charge < -0.3 is 10.6 Å². The van der Waals surface area contributed by atoms with Gasteiger partial charge in [0.1, 0.15) is 0 Å². The number of hydrogen-bond acceptors (Lipinski definition) is 3. The molecule has 1 heterocycles. The number of nitrogen functional groups attached to an aromatic ring is 1. The van der Waals surface area contributed by atoms with Crippen molar-refractivity contribution in [2.45, 2.75) is 20.3 Å². The highest BCUT2D eigenvalue weighted by Gasteiger charge is 2.11. The normalized spacial score (nSPS) is 10.8. The zero-order chi connectivity index (χ0) is 13.1. The lowest BCUT2D eigenvalue weighted by Gasteiger charge is -2.24. The minimum absolute atomic E-state index is 0.773. The fourth-order valence-corrected chi connectivity index (χ4v) is 2.51. The molecule has 0 aliphatic heterocycles. The van der Waals surface area contributed by atoms with E-state index in [0.29, 0.717) is 0 Å². The van der Waals surface area contributed by atoms with Crippen molar-refractivity contribution in [3.05, 3.63) is 28.9 Å². The summed E-state index contributed by atoms with van der Waals surface area (Å²) in [4.78, 5) is 6.86. The maximum absolute atomic E-state index is 6.03. The van der Waals surface area contributed by atoms with E-state index in [0.717, 1.165) is 46.3 Å². The molecular formula is C14H18BrN3. The van der Waals surface area contributed by atoms with Crippen molar-refractivity contribution in [3.63, 3.8) is 0 Å². The molecule has 96 valence electrons. The Morgan fingerprint density at radius 2 is 2.11 bits per heavy atom. The Morgan fingerprint density at radius 1 is 1.33 bits per heavy atom. The molecule has 0 fully saturated rings. The van der Waals surface area contributed by atoms with Crippen molar-refractivity contribution in [2.24, 2.45) is 0 Å². The molecule has 0 unspecified atom stereocenters. The van der Waals surface area contributed by atoms with Crippen molar-refractivity contribution >= 4 is 38.2 Å². The number of anilines is 2. The van der Waals surface area contributed by atoms with Crippen LogP contribution in [-0.2, 0) is 0 Å². The Kier molecular flexibility index (Phi) is 4.07. The van der Waals surface area contributed by atoms with E-state index in [1.165, 1.54) is 0 Å². The van der Waals surface area contributed by atoms with E-state index in [-0.39, 0.29) is 0 Å². The number of halogens is 1. The second kappa shape index (κ2) is 5.57. The first-order valence-corrected chi connectivity index (χ1v) is 7.05. The van der Waals surface area contributed by atoms with Crippen molar-refractivity contribution in [2.75, 3.05) is 23.7 Å². The number of aromatic nitrogens is 1. The third kappa shape index (κ3) is 2.43. The van der Waals surface area contributed by atoms with Gasteiger partial charge >= 0.3 is 0 Å². The van der Waals surface area contributed by atoms with Crippen molar-refractivity contribution < 1.29 is 0 Å². The van der Waals surface area contributed by atoms with Crippen molar-refractivity contribution in [1.82, 2.24) is 4.98 Å². The standard InChI is InChI=1S/C14H18BrN3/c1-3-7-18(4-2)13-6-5-12(16)11-8-10(15)9-17-14(11)13/h5-6,8-9H,3-4,7,16H2,1-2H3. The highest BCUT2D eigenvalue weighted by molar-refractivity contribution is 9.10. The molecule has 0 saturated carbocycles. The molecule has 0 atom stereocenters. The average Bonchev–Trinajstić information content (AvgIpc) is 2.37. The Morgan fingerprint density at radius 3 is 2.78 bits per heavy atom. The van der Waals surface area contributed by atoms with Gasteiger partial charge in [0.15, 0.2) is 0 Å². The van der Waals surface area contributed by atoms with Crippen LogP contribution >= 0.6 is 15.9 Å². The summed E-state index contributed by atoms with van der Waals surface area (Å²) in [5.74, 6) is 0. The van der Waals surface area contributed by atoms with E-state index in [1.807, 2.05) is 18.3 Å². The molecule has 0 spiro atoms. The van der Waals surface area contributed by atoms with E-state index >= 15 is 0 Å². The number of pyridine rings is 1.